The molecule has 0 amide bonds. The van der Waals surface area contributed by atoms with E-state index in [2.05, 4.69) is 11.5 Å². The molecule has 10 heavy (non-hydrogen) atoms. The average molecular weight is 144 g/mol. The van der Waals surface area contributed by atoms with Gasteiger partial charge >= 0.3 is 0 Å². The topological polar surface area (TPSA) is 46.5 Å². The summed E-state index contributed by atoms with van der Waals surface area (Å²) in [6.07, 6.45) is -0.254. The third-order valence-electron chi connectivity index (χ3n) is 1.13. The fourth-order valence-electron chi connectivity index (χ4n) is 0.473. The average Bonchev–Trinajstić information content (AvgIpc) is 1.87. The van der Waals surface area contributed by atoms with E-state index in [9.17, 15) is 4.79 Å². The highest BCUT2D eigenvalue weighted by Crippen LogP contribution is 2.01. The van der Waals surface area contributed by atoms with Gasteiger partial charge in [-0.2, -0.15) is 0 Å². The standard InChI is InChI=1S/C7H12O3/c1-5(2)7(8)4-6(3)10-9/h6,9H,1,4H2,2-3H3. The Morgan fingerprint density at radius 1 is 1.80 bits per heavy atom. The third-order valence-corrected chi connectivity index (χ3v) is 1.13. The van der Waals surface area contributed by atoms with E-state index in [0.717, 1.165) is 0 Å². The maximum atomic E-state index is 10.8. The Balaban J connectivity index is 3.68. The molecular formula is C7H12O3. The van der Waals surface area contributed by atoms with E-state index in [0.29, 0.717) is 5.57 Å². The molecule has 3 heteroatoms. The van der Waals surface area contributed by atoms with Gasteiger partial charge < -0.3 is 0 Å². The zero-order valence-corrected chi connectivity index (χ0v) is 6.26. The monoisotopic (exact) mass is 144 g/mol. The predicted octanol–water partition coefficient (Wildman–Crippen LogP) is 1.40. The second kappa shape index (κ2) is 4.19. The molecule has 0 heterocycles. The SMILES string of the molecule is C=C(C)C(=O)CC(C)OO. The van der Waals surface area contributed by atoms with Gasteiger partial charge in [0.05, 0.1) is 6.10 Å². The molecule has 0 bridgehead atoms. The van der Waals surface area contributed by atoms with Crippen LogP contribution in [0.1, 0.15) is 20.3 Å². The lowest BCUT2D eigenvalue weighted by atomic mass is 10.1. The minimum absolute atomic E-state index is 0.0819. The Hall–Kier alpha value is -0.670. The Kier molecular flexibility index (Phi) is 3.91. The van der Waals surface area contributed by atoms with E-state index in [1.165, 1.54) is 0 Å². The molecule has 1 unspecified atom stereocenters. The van der Waals surface area contributed by atoms with Crippen molar-refractivity contribution in [3.8, 4) is 0 Å². The van der Waals surface area contributed by atoms with Gasteiger partial charge in [0.25, 0.3) is 0 Å². The van der Waals surface area contributed by atoms with Crippen molar-refractivity contribution >= 4 is 5.78 Å². The van der Waals surface area contributed by atoms with Crippen LogP contribution in [0.2, 0.25) is 0 Å². The van der Waals surface area contributed by atoms with Crippen LogP contribution in [0.5, 0.6) is 0 Å². The third kappa shape index (κ3) is 3.37. The van der Waals surface area contributed by atoms with Crippen LogP contribution in [0.3, 0.4) is 0 Å². The van der Waals surface area contributed by atoms with Gasteiger partial charge in [-0.3, -0.25) is 10.1 Å². The number of Topliss-reactive ketones (excluding diaryl/α,β-unsaturated/α-hetero) is 1. The molecule has 0 aromatic carbocycles. The van der Waals surface area contributed by atoms with E-state index >= 15 is 0 Å². The van der Waals surface area contributed by atoms with Gasteiger partial charge in [0.1, 0.15) is 0 Å². The molecule has 58 valence electrons. The molecule has 1 atom stereocenters. The van der Waals surface area contributed by atoms with E-state index in [1.807, 2.05) is 0 Å². The summed E-state index contributed by atoms with van der Waals surface area (Å²) in [4.78, 5) is 14.7. The van der Waals surface area contributed by atoms with Crippen molar-refractivity contribution < 1.29 is 14.9 Å². The Morgan fingerprint density at radius 2 is 2.30 bits per heavy atom. The highest BCUT2D eigenvalue weighted by Gasteiger charge is 2.08. The summed E-state index contributed by atoms with van der Waals surface area (Å²) in [5, 5.41) is 8.08. The Labute approximate surface area is 60.2 Å². The van der Waals surface area contributed by atoms with Crippen LogP contribution in [0, 0.1) is 0 Å². The highest BCUT2D eigenvalue weighted by atomic mass is 17.1. The quantitative estimate of drug-likeness (QED) is 0.368. The number of ketones is 1. The molecular weight excluding hydrogens is 132 g/mol. The Bertz CT molecular complexity index is 140. The van der Waals surface area contributed by atoms with E-state index in [4.69, 9.17) is 5.26 Å². The molecule has 0 aromatic heterocycles. The smallest absolute Gasteiger partial charge is 0.160 e. The second-order valence-corrected chi connectivity index (χ2v) is 2.32. The predicted molar refractivity (Wildman–Crippen MR) is 37.6 cm³/mol. The summed E-state index contributed by atoms with van der Waals surface area (Å²) in [5.41, 5.74) is 0.490. The van der Waals surface area contributed by atoms with Crippen LogP contribution >= 0.6 is 0 Å². The van der Waals surface area contributed by atoms with Crippen LogP contribution in [0.25, 0.3) is 0 Å². The van der Waals surface area contributed by atoms with E-state index < -0.39 is 6.10 Å². The van der Waals surface area contributed by atoms with Crippen LogP contribution in [-0.4, -0.2) is 17.1 Å². The molecule has 0 rings (SSSR count). The molecule has 0 fully saturated rings. The summed E-state index contributed by atoms with van der Waals surface area (Å²) in [7, 11) is 0. The van der Waals surface area contributed by atoms with Crippen LogP contribution in [-0.2, 0) is 9.68 Å². The van der Waals surface area contributed by atoms with Crippen LogP contribution < -0.4 is 0 Å². The maximum absolute atomic E-state index is 10.8. The largest absolute Gasteiger partial charge is 0.294 e. The normalized spacial score (nSPS) is 12.7. The first-order valence-corrected chi connectivity index (χ1v) is 3.07. The van der Waals surface area contributed by atoms with E-state index in [1.54, 1.807) is 13.8 Å². The van der Waals surface area contributed by atoms with Crippen molar-refractivity contribution in [3.63, 3.8) is 0 Å². The first-order valence-electron chi connectivity index (χ1n) is 3.07. The number of rotatable bonds is 4. The van der Waals surface area contributed by atoms with Gasteiger partial charge in [-0.05, 0) is 19.4 Å². The molecule has 1 N–H and O–H groups in total. The minimum Gasteiger partial charge on any atom is -0.294 e. The van der Waals surface area contributed by atoms with Gasteiger partial charge in [-0.25, -0.2) is 4.89 Å². The molecule has 0 saturated carbocycles. The summed E-state index contributed by atoms with van der Waals surface area (Å²) in [6, 6.07) is 0. The number of hydrogen-bond donors (Lipinski definition) is 1. The summed E-state index contributed by atoms with van der Waals surface area (Å²) < 4.78 is 0. The summed E-state index contributed by atoms with van der Waals surface area (Å²) in [6.45, 7) is 6.70. The van der Waals surface area contributed by atoms with Crippen molar-refractivity contribution in [1.82, 2.24) is 0 Å². The first-order chi connectivity index (χ1) is 4.57. The molecule has 0 radical (unpaired) electrons. The lowest BCUT2D eigenvalue weighted by Gasteiger charge is -2.04. The van der Waals surface area contributed by atoms with Gasteiger partial charge in [-0.15, -0.1) is 0 Å². The van der Waals surface area contributed by atoms with Gasteiger partial charge in [0.2, 0.25) is 0 Å². The van der Waals surface area contributed by atoms with Gasteiger partial charge in [0, 0.05) is 6.42 Å². The highest BCUT2D eigenvalue weighted by molar-refractivity contribution is 5.94. The number of hydrogen-bond acceptors (Lipinski definition) is 3. The molecule has 0 aromatic rings. The van der Waals surface area contributed by atoms with Crippen LogP contribution in [0.15, 0.2) is 12.2 Å². The van der Waals surface area contributed by atoms with Crippen molar-refractivity contribution in [2.45, 2.75) is 26.4 Å². The van der Waals surface area contributed by atoms with Crippen LogP contribution in [0.4, 0.5) is 0 Å². The lowest BCUT2D eigenvalue weighted by molar-refractivity contribution is -0.273. The van der Waals surface area contributed by atoms with E-state index in [-0.39, 0.29) is 12.2 Å². The second-order valence-electron chi connectivity index (χ2n) is 2.32. The van der Waals surface area contributed by atoms with Crippen molar-refractivity contribution in [1.29, 1.82) is 0 Å². The molecule has 0 saturated heterocycles. The van der Waals surface area contributed by atoms with Crippen molar-refractivity contribution in [2.24, 2.45) is 0 Å². The van der Waals surface area contributed by atoms with Crippen molar-refractivity contribution in [2.75, 3.05) is 0 Å². The summed E-state index contributed by atoms with van der Waals surface area (Å²) in [5.74, 6) is -0.0819. The maximum Gasteiger partial charge on any atom is 0.160 e. The Morgan fingerprint density at radius 3 is 2.60 bits per heavy atom. The van der Waals surface area contributed by atoms with Gasteiger partial charge in [-0.1, -0.05) is 6.58 Å². The summed E-state index contributed by atoms with van der Waals surface area (Å²) >= 11 is 0. The zero-order valence-electron chi connectivity index (χ0n) is 6.26. The fourth-order valence-corrected chi connectivity index (χ4v) is 0.473. The molecule has 3 nitrogen and oxygen atoms in total. The lowest BCUT2D eigenvalue weighted by Crippen LogP contribution is -2.12. The molecule has 0 aliphatic rings. The van der Waals surface area contributed by atoms with Gasteiger partial charge in [0.15, 0.2) is 5.78 Å². The molecule has 0 aliphatic heterocycles. The molecule has 0 spiro atoms. The minimum atomic E-state index is -0.441. The number of allylic oxidation sites excluding steroid dienone is 1. The zero-order chi connectivity index (χ0) is 8.15. The number of carbonyl (C=O) groups excluding carboxylic acids is 1. The first kappa shape index (κ1) is 9.33. The molecule has 0 aliphatic carbocycles. The van der Waals surface area contributed by atoms with Crippen molar-refractivity contribution in [3.05, 3.63) is 12.2 Å². The number of carbonyl (C=O) groups is 1. The fraction of sp³-hybridized carbons (Fsp3) is 0.571.